The molecule has 4 heteroatoms. The molecule has 0 amide bonds. The number of unbranched alkanes of at least 4 members (excludes halogenated alkanes) is 6. The summed E-state index contributed by atoms with van der Waals surface area (Å²) in [7, 11) is 0. The van der Waals surface area contributed by atoms with Gasteiger partial charge in [0.05, 0.1) is 25.0 Å². The van der Waals surface area contributed by atoms with Gasteiger partial charge in [-0.2, -0.15) is 0 Å². The van der Waals surface area contributed by atoms with Gasteiger partial charge in [0.1, 0.15) is 0 Å². The molecule has 0 aromatic heterocycles. The van der Waals surface area contributed by atoms with Gasteiger partial charge in [0.2, 0.25) is 0 Å². The molecule has 0 unspecified atom stereocenters. The summed E-state index contributed by atoms with van der Waals surface area (Å²) < 4.78 is 11.6. The first-order valence-corrected chi connectivity index (χ1v) is 16.9. The van der Waals surface area contributed by atoms with Gasteiger partial charge in [-0.25, -0.2) is 0 Å². The molecule has 3 rings (SSSR count). The lowest BCUT2D eigenvalue weighted by Crippen LogP contribution is -2.30. The van der Waals surface area contributed by atoms with Crippen LogP contribution in [0.3, 0.4) is 0 Å². The van der Waals surface area contributed by atoms with E-state index in [1.165, 1.54) is 116 Å². The topological polar surface area (TPSA) is 52.6 Å². The SMILES string of the molecule is CCCCCCC1CCC(COC(=O)C2CCC(C(=O)OCC3CCC(CCCCCC)CC3)CC2)CC1. The Labute approximate surface area is 234 Å². The maximum atomic E-state index is 12.7. The molecular formula is C34H60O4. The molecule has 3 saturated carbocycles. The number of hydrogen-bond acceptors (Lipinski definition) is 4. The van der Waals surface area contributed by atoms with Gasteiger partial charge in [-0.3, -0.25) is 9.59 Å². The van der Waals surface area contributed by atoms with Crippen molar-refractivity contribution >= 4 is 11.9 Å². The predicted molar refractivity (Wildman–Crippen MR) is 156 cm³/mol. The Morgan fingerprint density at radius 3 is 1.16 bits per heavy atom. The van der Waals surface area contributed by atoms with Crippen LogP contribution in [0.25, 0.3) is 0 Å². The van der Waals surface area contributed by atoms with Gasteiger partial charge >= 0.3 is 11.9 Å². The molecule has 3 aliphatic carbocycles. The Morgan fingerprint density at radius 1 is 0.474 bits per heavy atom. The van der Waals surface area contributed by atoms with Gasteiger partial charge in [0.25, 0.3) is 0 Å². The van der Waals surface area contributed by atoms with Crippen LogP contribution in [0, 0.1) is 35.5 Å². The smallest absolute Gasteiger partial charge is 0.308 e. The molecule has 0 atom stereocenters. The standard InChI is InChI=1S/C34H60O4/c1-3-5-7-9-11-27-13-17-29(18-14-27)25-37-33(35)31-21-23-32(24-22-31)34(36)38-26-30-19-15-28(16-20-30)12-10-8-6-4-2/h27-32H,3-26H2,1-2H3. The van der Waals surface area contributed by atoms with Crippen molar-refractivity contribution in [3.05, 3.63) is 0 Å². The lowest BCUT2D eigenvalue weighted by molar-refractivity contribution is -0.157. The van der Waals surface area contributed by atoms with Gasteiger partial charge in [-0.15, -0.1) is 0 Å². The quantitative estimate of drug-likeness (QED) is 0.147. The van der Waals surface area contributed by atoms with Gasteiger partial charge in [0.15, 0.2) is 0 Å². The molecule has 3 aliphatic rings. The molecule has 0 aromatic rings. The molecule has 3 fully saturated rings. The Kier molecular flexibility index (Phi) is 15.2. The van der Waals surface area contributed by atoms with Crippen molar-refractivity contribution in [3.8, 4) is 0 Å². The van der Waals surface area contributed by atoms with Gasteiger partial charge in [-0.1, -0.05) is 104 Å². The van der Waals surface area contributed by atoms with E-state index in [1.54, 1.807) is 0 Å². The van der Waals surface area contributed by atoms with Crippen molar-refractivity contribution in [2.45, 2.75) is 155 Å². The van der Waals surface area contributed by atoms with E-state index in [0.29, 0.717) is 25.0 Å². The molecule has 0 aliphatic heterocycles. The third-order valence-corrected chi connectivity index (χ3v) is 10.2. The molecule has 0 N–H and O–H groups in total. The number of hydrogen-bond donors (Lipinski definition) is 0. The van der Waals surface area contributed by atoms with Crippen LogP contribution in [-0.2, 0) is 19.1 Å². The minimum Gasteiger partial charge on any atom is -0.465 e. The molecular weight excluding hydrogens is 472 g/mol. The van der Waals surface area contributed by atoms with Crippen molar-refractivity contribution < 1.29 is 19.1 Å². The minimum absolute atomic E-state index is 0.0232. The molecule has 220 valence electrons. The average Bonchev–Trinajstić information content (AvgIpc) is 2.96. The Morgan fingerprint density at radius 2 is 0.816 bits per heavy atom. The predicted octanol–water partition coefficient (Wildman–Crippen LogP) is 9.43. The van der Waals surface area contributed by atoms with Crippen LogP contribution < -0.4 is 0 Å². The molecule has 38 heavy (non-hydrogen) atoms. The fourth-order valence-corrected chi connectivity index (χ4v) is 7.29. The number of carbonyl (C=O) groups excluding carboxylic acids is 2. The highest BCUT2D eigenvalue weighted by atomic mass is 16.5. The van der Waals surface area contributed by atoms with E-state index in [9.17, 15) is 9.59 Å². The molecule has 0 heterocycles. The largest absolute Gasteiger partial charge is 0.465 e. The minimum atomic E-state index is -0.0263. The molecule has 0 bridgehead atoms. The molecule has 0 saturated heterocycles. The first-order chi connectivity index (χ1) is 18.6. The fourth-order valence-electron chi connectivity index (χ4n) is 7.29. The highest BCUT2D eigenvalue weighted by Gasteiger charge is 2.33. The molecule has 0 aromatic carbocycles. The van der Waals surface area contributed by atoms with E-state index in [0.717, 1.165) is 37.5 Å². The summed E-state index contributed by atoms with van der Waals surface area (Å²) in [5, 5.41) is 0. The van der Waals surface area contributed by atoms with Crippen molar-refractivity contribution in [2.24, 2.45) is 35.5 Å². The van der Waals surface area contributed by atoms with Crippen molar-refractivity contribution in [2.75, 3.05) is 13.2 Å². The zero-order chi connectivity index (χ0) is 27.0. The van der Waals surface area contributed by atoms with Gasteiger partial charge in [-0.05, 0) is 75.0 Å². The van der Waals surface area contributed by atoms with Crippen LogP contribution in [0.1, 0.15) is 155 Å². The van der Waals surface area contributed by atoms with E-state index < -0.39 is 0 Å². The van der Waals surface area contributed by atoms with E-state index in [4.69, 9.17) is 9.47 Å². The third kappa shape index (κ3) is 11.6. The number of carbonyl (C=O) groups is 2. The maximum Gasteiger partial charge on any atom is 0.308 e. The van der Waals surface area contributed by atoms with E-state index in [2.05, 4.69) is 13.8 Å². The van der Waals surface area contributed by atoms with Crippen LogP contribution >= 0.6 is 0 Å². The Hall–Kier alpha value is -1.06. The summed E-state index contributed by atoms with van der Waals surface area (Å²) in [5.74, 6) is 2.79. The monoisotopic (exact) mass is 532 g/mol. The van der Waals surface area contributed by atoms with Gasteiger partial charge in [0, 0.05) is 0 Å². The maximum absolute atomic E-state index is 12.7. The third-order valence-electron chi connectivity index (χ3n) is 10.2. The van der Waals surface area contributed by atoms with Crippen molar-refractivity contribution in [1.29, 1.82) is 0 Å². The Bertz CT molecular complexity index is 581. The van der Waals surface area contributed by atoms with Crippen LogP contribution in [0.4, 0.5) is 0 Å². The summed E-state index contributed by atoms with van der Waals surface area (Å²) in [4.78, 5) is 25.4. The van der Waals surface area contributed by atoms with Crippen LogP contribution in [-0.4, -0.2) is 25.2 Å². The average molecular weight is 533 g/mol. The first kappa shape index (κ1) is 31.5. The number of rotatable bonds is 16. The molecule has 4 nitrogen and oxygen atoms in total. The Balaban J connectivity index is 1.21. The van der Waals surface area contributed by atoms with E-state index in [-0.39, 0.29) is 23.8 Å². The summed E-state index contributed by atoms with van der Waals surface area (Å²) >= 11 is 0. The summed E-state index contributed by atoms with van der Waals surface area (Å²) in [6.45, 7) is 5.75. The lowest BCUT2D eigenvalue weighted by atomic mass is 9.79. The summed E-state index contributed by atoms with van der Waals surface area (Å²) in [6.07, 6.45) is 26.8. The second-order valence-corrected chi connectivity index (χ2v) is 13.3. The van der Waals surface area contributed by atoms with Crippen LogP contribution in [0.2, 0.25) is 0 Å². The zero-order valence-corrected chi connectivity index (χ0v) is 25.1. The van der Waals surface area contributed by atoms with E-state index >= 15 is 0 Å². The second-order valence-electron chi connectivity index (χ2n) is 13.3. The number of ether oxygens (including phenoxy) is 2. The van der Waals surface area contributed by atoms with Crippen molar-refractivity contribution in [1.82, 2.24) is 0 Å². The lowest BCUT2D eigenvalue weighted by Gasteiger charge is -2.30. The fraction of sp³-hybridized carbons (Fsp3) is 0.941. The highest BCUT2D eigenvalue weighted by Crippen LogP contribution is 2.35. The second kappa shape index (κ2) is 18.3. The molecule has 0 spiro atoms. The van der Waals surface area contributed by atoms with Crippen LogP contribution in [0.5, 0.6) is 0 Å². The first-order valence-electron chi connectivity index (χ1n) is 16.9. The molecule has 0 radical (unpaired) electrons. The normalized spacial score (nSPS) is 30.1. The van der Waals surface area contributed by atoms with Gasteiger partial charge < -0.3 is 9.47 Å². The number of esters is 2. The van der Waals surface area contributed by atoms with E-state index in [1.807, 2.05) is 0 Å². The van der Waals surface area contributed by atoms with Crippen LogP contribution in [0.15, 0.2) is 0 Å². The zero-order valence-electron chi connectivity index (χ0n) is 25.1. The van der Waals surface area contributed by atoms with Crippen molar-refractivity contribution in [3.63, 3.8) is 0 Å². The summed E-state index contributed by atoms with van der Waals surface area (Å²) in [5.41, 5.74) is 0. The highest BCUT2D eigenvalue weighted by molar-refractivity contribution is 5.75. The summed E-state index contributed by atoms with van der Waals surface area (Å²) in [6, 6.07) is 0.